The van der Waals surface area contributed by atoms with Crippen LogP contribution in [0.5, 0.6) is 0 Å². The van der Waals surface area contributed by atoms with E-state index in [9.17, 15) is 8.42 Å². The van der Waals surface area contributed by atoms with E-state index >= 15 is 0 Å². The Bertz CT molecular complexity index is 563. The van der Waals surface area contributed by atoms with Crippen LogP contribution in [-0.4, -0.2) is 27.0 Å². The van der Waals surface area contributed by atoms with Crippen LogP contribution in [0.1, 0.15) is 19.8 Å². The number of rotatable bonds is 3. The van der Waals surface area contributed by atoms with E-state index in [2.05, 4.69) is 10.0 Å². The largest absolute Gasteiger partial charge is 0.313 e. The van der Waals surface area contributed by atoms with Crippen molar-refractivity contribution in [2.45, 2.75) is 36.7 Å². The molecule has 1 aromatic rings. The molecule has 0 bridgehead atoms. The van der Waals surface area contributed by atoms with E-state index in [-0.39, 0.29) is 22.0 Å². The van der Waals surface area contributed by atoms with Crippen molar-refractivity contribution in [3.05, 3.63) is 28.2 Å². The maximum absolute atomic E-state index is 12.3. The van der Waals surface area contributed by atoms with Gasteiger partial charge in [-0.2, -0.15) is 0 Å². The summed E-state index contributed by atoms with van der Waals surface area (Å²) in [5.41, 5.74) is 0. The Balaban J connectivity index is 2.24. The highest BCUT2D eigenvalue weighted by Gasteiger charge is 2.27. The predicted octanol–water partition coefficient (Wildman–Crippen LogP) is 2.41. The average Bonchev–Trinajstić information content (AvgIpc) is 2.35. The van der Waals surface area contributed by atoms with Gasteiger partial charge >= 0.3 is 0 Å². The van der Waals surface area contributed by atoms with Gasteiger partial charge in [0.15, 0.2) is 0 Å². The molecule has 2 atom stereocenters. The highest BCUT2D eigenvalue weighted by atomic mass is 35.5. The van der Waals surface area contributed by atoms with Gasteiger partial charge in [-0.05, 0) is 44.5 Å². The summed E-state index contributed by atoms with van der Waals surface area (Å²) >= 11 is 11.8. The fourth-order valence-corrected chi connectivity index (χ4v) is 4.26. The SMILES string of the molecule is CC1NCCCC1NS(=O)(=O)c1cc(Cl)ccc1Cl. The summed E-state index contributed by atoms with van der Waals surface area (Å²) in [5, 5.41) is 3.77. The zero-order valence-electron chi connectivity index (χ0n) is 10.5. The number of hydrogen-bond donors (Lipinski definition) is 2. The maximum atomic E-state index is 12.3. The Kier molecular flexibility index (Phi) is 4.74. The van der Waals surface area contributed by atoms with Crippen molar-refractivity contribution in [3.63, 3.8) is 0 Å². The molecule has 0 saturated carbocycles. The standard InChI is InChI=1S/C12H16Cl2N2O2S/c1-8-11(3-2-6-15-8)16-19(17,18)12-7-9(13)4-5-10(12)14/h4-5,7-8,11,15-16H,2-3,6H2,1H3. The fraction of sp³-hybridized carbons (Fsp3) is 0.500. The minimum atomic E-state index is -3.65. The molecule has 1 fully saturated rings. The van der Waals surface area contributed by atoms with Crippen molar-refractivity contribution < 1.29 is 8.42 Å². The van der Waals surface area contributed by atoms with Gasteiger partial charge in [-0.3, -0.25) is 0 Å². The Morgan fingerprint density at radius 2 is 2.11 bits per heavy atom. The van der Waals surface area contributed by atoms with Crippen LogP contribution >= 0.6 is 23.2 Å². The number of hydrogen-bond acceptors (Lipinski definition) is 3. The zero-order valence-corrected chi connectivity index (χ0v) is 12.8. The number of nitrogens with one attached hydrogen (secondary N) is 2. The normalized spacial score (nSPS) is 24.4. The van der Waals surface area contributed by atoms with Gasteiger partial charge in [0.1, 0.15) is 4.90 Å². The first-order chi connectivity index (χ1) is 8.90. The van der Waals surface area contributed by atoms with E-state index in [4.69, 9.17) is 23.2 Å². The fourth-order valence-electron chi connectivity index (χ4n) is 2.15. The summed E-state index contributed by atoms with van der Waals surface area (Å²) in [5.74, 6) is 0. The first-order valence-electron chi connectivity index (χ1n) is 6.11. The molecule has 19 heavy (non-hydrogen) atoms. The molecule has 7 heteroatoms. The molecular formula is C12H16Cl2N2O2S. The molecule has 2 N–H and O–H groups in total. The van der Waals surface area contributed by atoms with Crippen LogP contribution in [-0.2, 0) is 10.0 Å². The van der Waals surface area contributed by atoms with E-state index in [1.54, 1.807) is 6.07 Å². The van der Waals surface area contributed by atoms with Crippen LogP contribution in [0.25, 0.3) is 0 Å². The Labute approximate surface area is 123 Å². The Hall–Kier alpha value is -0.330. The van der Waals surface area contributed by atoms with Gasteiger partial charge in [0.25, 0.3) is 0 Å². The summed E-state index contributed by atoms with van der Waals surface area (Å²) in [4.78, 5) is 0.0273. The third-order valence-corrected chi connectivity index (χ3v) is 5.46. The lowest BCUT2D eigenvalue weighted by Crippen LogP contribution is -2.51. The van der Waals surface area contributed by atoms with Gasteiger partial charge in [-0.25, -0.2) is 13.1 Å². The molecule has 0 aromatic heterocycles. The van der Waals surface area contributed by atoms with Gasteiger partial charge in [-0.1, -0.05) is 23.2 Å². The lowest BCUT2D eigenvalue weighted by Gasteiger charge is -2.30. The van der Waals surface area contributed by atoms with Crippen molar-refractivity contribution in [2.24, 2.45) is 0 Å². The monoisotopic (exact) mass is 322 g/mol. The minimum absolute atomic E-state index is 0.0273. The molecule has 2 unspecified atom stereocenters. The van der Waals surface area contributed by atoms with Gasteiger partial charge in [0.05, 0.1) is 5.02 Å². The number of halogens is 2. The highest BCUT2D eigenvalue weighted by molar-refractivity contribution is 7.89. The van der Waals surface area contributed by atoms with Gasteiger partial charge in [0.2, 0.25) is 10.0 Å². The summed E-state index contributed by atoms with van der Waals surface area (Å²) < 4.78 is 27.4. The molecule has 1 aliphatic heterocycles. The third-order valence-electron chi connectivity index (χ3n) is 3.25. The smallest absolute Gasteiger partial charge is 0.242 e. The molecular weight excluding hydrogens is 307 g/mol. The van der Waals surface area contributed by atoms with E-state index in [0.29, 0.717) is 5.02 Å². The molecule has 0 aliphatic carbocycles. The summed E-state index contributed by atoms with van der Waals surface area (Å²) in [6.07, 6.45) is 1.76. The molecule has 0 amide bonds. The first-order valence-corrected chi connectivity index (χ1v) is 8.35. The highest BCUT2D eigenvalue weighted by Crippen LogP contribution is 2.25. The van der Waals surface area contributed by atoms with Crippen molar-refractivity contribution >= 4 is 33.2 Å². The number of piperidine rings is 1. The van der Waals surface area contributed by atoms with Crippen LogP contribution in [0.15, 0.2) is 23.1 Å². The summed E-state index contributed by atoms with van der Waals surface area (Å²) in [7, 11) is -3.65. The molecule has 1 aromatic carbocycles. The molecule has 0 spiro atoms. The molecule has 1 aliphatic rings. The summed E-state index contributed by atoms with van der Waals surface area (Å²) in [6.45, 7) is 2.88. The molecule has 106 valence electrons. The second-order valence-corrected chi connectivity index (χ2v) is 7.21. The van der Waals surface area contributed by atoms with Gasteiger partial charge in [-0.15, -0.1) is 0 Å². The van der Waals surface area contributed by atoms with Crippen LogP contribution in [0.2, 0.25) is 10.0 Å². The lowest BCUT2D eigenvalue weighted by atomic mass is 10.0. The van der Waals surface area contributed by atoms with Crippen LogP contribution < -0.4 is 10.0 Å². The Morgan fingerprint density at radius 1 is 1.37 bits per heavy atom. The molecule has 1 heterocycles. The summed E-state index contributed by atoms with van der Waals surface area (Å²) in [6, 6.07) is 4.39. The molecule has 2 rings (SSSR count). The minimum Gasteiger partial charge on any atom is -0.313 e. The van der Waals surface area contributed by atoms with E-state index in [0.717, 1.165) is 19.4 Å². The van der Waals surface area contributed by atoms with Crippen LogP contribution in [0.3, 0.4) is 0 Å². The predicted molar refractivity (Wildman–Crippen MR) is 77.3 cm³/mol. The third kappa shape index (κ3) is 3.61. The molecule has 4 nitrogen and oxygen atoms in total. The van der Waals surface area contributed by atoms with Crippen molar-refractivity contribution in [1.29, 1.82) is 0 Å². The van der Waals surface area contributed by atoms with E-state index in [1.165, 1.54) is 12.1 Å². The van der Waals surface area contributed by atoms with Crippen LogP contribution in [0, 0.1) is 0 Å². The Morgan fingerprint density at radius 3 is 2.79 bits per heavy atom. The van der Waals surface area contributed by atoms with Gasteiger partial charge < -0.3 is 5.32 Å². The second-order valence-electron chi connectivity index (χ2n) is 4.69. The number of benzene rings is 1. The van der Waals surface area contributed by atoms with E-state index < -0.39 is 10.0 Å². The number of sulfonamides is 1. The van der Waals surface area contributed by atoms with E-state index in [1.807, 2.05) is 6.92 Å². The zero-order chi connectivity index (χ0) is 14.0. The maximum Gasteiger partial charge on any atom is 0.242 e. The first kappa shape index (κ1) is 15.1. The van der Waals surface area contributed by atoms with Crippen LogP contribution in [0.4, 0.5) is 0 Å². The lowest BCUT2D eigenvalue weighted by molar-refractivity contribution is 0.349. The van der Waals surface area contributed by atoms with Crippen molar-refractivity contribution in [1.82, 2.24) is 10.0 Å². The molecule has 0 radical (unpaired) electrons. The van der Waals surface area contributed by atoms with Crippen molar-refractivity contribution in [2.75, 3.05) is 6.54 Å². The van der Waals surface area contributed by atoms with Crippen molar-refractivity contribution in [3.8, 4) is 0 Å². The van der Waals surface area contributed by atoms with Gasteiger partial charge in [0, 0.05) is 17.1 Å². The topological polar surface area (TPSA) is 58.2 Å². The average molecular weight is 323 g/mol. The molecule has 1 saturated heterocycles. The second kappa shape index (κ2) is 5.97. The quantitative estimate of drug-likeness (QED) is 0.898.